The average molecular weight is 195 g/mol. The number of rotatable bonds is 3. The molecular formula is C11H17NO2. The van der Waals surface area contributed by atoms with Crippen LogP contribution in [0.2, 0.25) is 0 Å². The first-order valence-corrected chi connectivity index (χ1v) is 5.21. The maximum Gasteiger partial charge on any atom is 0.129 e. The van der Waals surface area contributed by atoms with Gasteiger partial charge in [-0.2, -0.15) is 0 Å². The summed E-state index contributed by atoms with van der Waals surface area (Å²) in [6.07, 6.45) is 3.75. The van der Waals surface area contributed by atoms with E-state index in [-0.39, 0.29) is 0 Å². The molecule has 1 fully saturated rings. The van der Waals surface area contributed by atoms with Crippen molar-refractivity contribution in [3.63, 3.8) is 0 Å². The van der Waals surface area contributed by atoms with Gasteiger partial charge in [0, 0.05) is 7.11 Å². The van der Waals surface area contributed by atoms with Crippen LogP contribution in [0, 0.1) is 0 Å². The molecule has 2 rings (SSSR count). The molecule has 0 spiro atoms. The highest BCUT2D eigenvalue weighted by Gasteiger charge is 2.17. The normalized spacial score (nSPS) is 22.5. The highest BCUT2D eigenvalue weighted by molar-refractivity contribution is 5.10. The first-order valence-electron chi connectivity index (χ1n) is 5.21. The minimum absolute atomic E-state index is 0.411. The molecule has 14 heavy (non-hydrogen) atoms. The van der Waals surface area contributed by atoms with E-state index in [2.05, 4.69) is 11.4 Å². The summed E-state index contributed by atoms with van der Waals surface area (Å²) < 4.78 is 10.7. The highest BCUT2D eigenvalue weighted by Crippen LogP contribution is 2.24. The third-order valence-electron chi connectivity index (χ3n) is 2.62. The van der Waals surface area contributed by atoms with Crippen molar-refractivity contribution >= 4 is 0 Å². The van der Waals surface area contributed by atoms with Crippen LogP contribution < -0.4 is 5.32 Å². The highest BCUT2D eigenvalue weighted by atomic mass is 16.5. The van der Waals surface area contributed by atoms with Gasteiger partial charge in [0.1, 0.15) is 18.1 Å². The molecule has 2 heterocycles. The lowest BCUT2D eigenvalue weighted by atomic mass is 10.0. The molecule has 1 aliphatic rings. The zero-order valence-corrected chi connectivity index (χ0v) is 8.58. The monoisotopic (exact) mass is 195 g/mol. The summed E-state index contributed by atoms with van der Waals surface area (Å²) in [6, 6.07) is 4.46. The van der Waals surface area contributed by atoms with Gasteiger partial charge in [-0.15, -0.1) is 0 Å². The fourth-order valence-electron chi connectivity index (χ4n) is 1.90. The second kappa shape index (κ2) is 4.62. The van der Waals surface area contributed by atoms with Gasteiger partial charge in [-0.1, -0.05) is 6.42 Å². The van der Waals surface area contributed by atoms with E-state index < -0.39 is 0 Å². The Bertz CT molecular complexity index is 277. The maximum absolute atomic E-state index is 5.68. The molecule has 3 heteroatoms. The van der Waals surface area contributed by atoms with E-state index in [0.717, 1.165) is 18.1 Å². The average Bonchev–Trinajstić information content (AvgIpc) is 2.68. The standard InChI is InChI=1S/C11H17NO2/c1-13-8-9-5-6-11(14-9)10-4-2-3-7-12-10/h5-6,10,12H,2-4,7-8H2,1H3. The summed E-state index contributed by atoms with van der Waals surface area (Å²) in [4.78, 5) is 0. The zero-order chi connectivity index (χ0) is 9.80. The first kappa shape index (κ1) is 9.74. The predicted octanol–water partition coefficient (Wildman–Crippen LogP) is 2.24. The summed E-state index contributed by atoms with van der Waals surface area (Å²) in [5, 5.41) is 3.46. The fraction of sp³-hybridized carbons (Fsp3) is 0.636. The molecule has 0 aliphatic carbocycles. The number of ether oxygens (including phenoxy) is 1. The van der Waals surface area contributed by atoms with Crippen molar-refractivity contribution in [3.05, 3.63) is 23.7 Å². The summed E-state index contributed by atoms with van der Waals surface area (Å²) in [5.74, 6) is 1.96. The molecule has 1 aromatic heterocycles. The van der Waals surface area contributed by atoms with Crippen LogP contribution in [0.25, 0.3) is 0 Å². The lowest BCUT2D eigenvalue weighted by molar-refractivity contribution is 0.160. The van der Waals surface area contributed by atoms with Crippen LogP contribution in [-0.4, -0.2) is 13.7 Å². The van der Waals surface area contributed by atoms with Crippen molar-refractivity contribution < 1.29 is 9.15 Å². The predicted molar refractivity (Wildman–Crippen MR) is 54.0 cm³/mol. The van der Waals surface area contributed by atoms with Crippen molar-refractivity contribution in [1.82, 2.24) is 5.32 Å². The Labute approximate surface area is 84.4 Å². The van der Waals surface area contributed by atoms with Crippen molar-refractivity contribution in [2.24, 2.45) is 0 Å². The van der Waals surface area contributed by atoms with Gasteiger partial charge in [-0.25, -0.2) is 0 Å². The van der Waals surface area contributed by atoms with Gasteiger partial charge in [-0.05, 0) is 31.5 Å². The lowest BCUT2D eigenvalue weighted by Gasteiger charge is -2.21. The van der Waals surface area contributed by atoms with Gasteiger partial charge < -0.3 is 14.5 Å². The summed E-state index contributed by atoms with van der Waals surface area (Å²) in [6.45, 7) is 1.66. The van der Waals surface area contributed by atoms with Crippen LogP contribution in [0.1, 0.15) is 36.8 Å². The number of piperidine rings is 1. The molecule has 0 amide bonds. The molecule has 0 radical (unpaired) electrons. The Morgan fingerprint density at radius 1 is 1.50 bits per heavy atom. The van der Waals surface area contributed by atoms with Crippen molar-refractivity contribution in [3.8, 4) is 0 Å². The number of hydrogen-bond acceptors (Lipinski definition) is 3. The first-order chi connectivity index (χ1) is 6.90. The molecule has 1 N–H and O–H groups in total. The van der Waals surface area contributed by atoms with Gasteiger partial charge in [0.25, 0.3) is 0 Å². The Kier molecular flexibility index (Phi) is 3.22. The largest absolute Gasteiger partial charge is 0.462 e. The van der Waals surface area contributed by atoms with Gasteiger partial charge in [0.05, 0.1) is 6.04 Å². The molecule has 1 aromatic rings. The molecule has 1 saturated heterocycles. The molecule has 0 saturated carbocycles. The van der Waals surface area contributed by atoms with E-state index in [1.165, 1.54) is 19.3 Å². The van der Waals surface area contributed by atoms with E-state index >= 15 is 0 Å². The maximum atomic E-state index is 5.68. The van der Waals surface area contributed by atoms with Gasteiger partial charge in [0.15, 0.2) is 0 Å². The van der Waals surface area contributed by atoms with E-state index in [9.17, 15) is 0 Å². The Balaban J connectivity index is 2.00. The SMILES string of the molecule is COCc1ccc(C2CCCCN2)o1. The molecule has 0 aromatic carbocycles. The molecule has 1 unspecified atom stereocenters. The second-order valence-corrected chi connectivity index (χ2v) is 3.74. The van der Waals surface area contributed by atoms with Crippen LogP contribution in [0.15, 0.2) is 16.5 Å². The number of nitrogens with one attached hydrogen (secondary N) is 1. The Morgan fingerprint density at radius 3 is 3.14 bits per heavy atom. The van der Waals surface area contributed by atoms with E-state index in [0.29, 0.717) is 12.6 Å². The third kappa shape index (κ3) is 2.16. The topological polar surface area (TPSA) is 34.4 Å². The minimum atomic E-state index is 0.411. The van der Waals surface area contributed by atoms with Crippen molar-refractivity contribution in [2.45, 2.75) is 31.9 Å². The molecule has 1 aliphatic heterocycles. The van der Waals surface area contributed by atoms with E-state index in [1.807, 2.05) is 6.07 Å². The number of hydrogen-bond donors (Lipinski definition) is 1. The molecular weight excluding hydrogens is 178 g/mol. The van der Waals surface area contributed by atoms with Crippen LogP contribution >= 0.6 is 0 Å². The lowest BCUT2D eigenvalue weighted by Crippen LogP contribution is -2.26. The van der Waals surface area contributed by atoms with Crippen LogP contribution in [-0.2, 0) is 11.3 Å². The Hall–Kier alpha value is -0.800. The van der Waals surface area contributed by atoms with Crippen molar-refractivity contribution in [2.75, 3.05) is 13.7 Å². The van der Waals surface area contributed by atoms with Gasteiger partial charge >= 0.3 is 0 Å². The summed E-state index contributed by atoms with van der Waals surface area (Å²) in [5.41, 5.74) is 0. The smallest absolute Gasteiger partial charge is 0.129 e. The third-order valence-corrected chi connectivity index (χ3v) is 2.62. The van der Waals surface area contributed by atoms with Crippen LogP contribution in [0.3, 0.4) is 0 Å². The fourth-order valence-corrected chi connectivity index (χ4v) is 1.90. The quantitative estimate of drug-likeness (QED) is 0.803. The molecule has 1 atom stereocenters. The van der Waals surface area contributed by atoms with Gasteiger partial charge in [0.2, 0.25) is 0 Å². The van der Waals surface area contributed by atoms with Crippen molar-refractivity contribution in [1.29, 1.82) is 0 Å². The Morgan fingerprint density at radius 2 is 2.43 bits per heavy atom. The van der Waals surface area contributed by atoms with Crippen LogP contribution in [0.5, 0.6) is 0 Å². The van der Waals surface area contributed by atoms with Gasteiger partial charge in [-0.3, -0.25) is 0 Å². The molecule has 0 bridgehead atoms. The molecule has 3 nitrogen and oxygen atoms in total. The van der Waals surface area contributed by atoms with E-state index in [1.54, 1.807) is 7.11 Å². The minimum Gasteiger partial charge on any atom is -0.462 e. The van der Waals surface area contributed by atoms with E-state index in [4.69, 9.17) is 9.15 Å². The summed E-state index contributed by atoms with van der Waals surface area (Å²) in [7, 11) is 1.68. The second-order valence-electron chi connectivity index (χ2n) is 3.74. The zero-order valence-electron chi connectivity index (χ0n) is 8.58. The number of methoxy groups -OCH3 is 1. The summed E-state index contributed by atoms with van der Waals surface area (Å²) >= 11 is 0. The number of furan rings is 1. The molecule has 78 valence electrons. The van der Waals surface area contributed by atoms with Crippen LogP contribution in [0.4, 0.5) is 0 Å².